The summed E-state index contributed by atoms with van der Waals surface area (Å²) in [6.45, 7) is 8.21. The van der Waals surface area contributed by atoms with Gasteiger partial charge in [0.1, 0.15) is 0 Å². The molecule has 0 aliphatic carbocycles. The van der Waals surface area contributed by atoms with E-state index in [0.717, 1.165) is 16.4 Å². The first-order valence-electron chi connectivity index (χ1n) is 5.09. The van der Waals surface area contributed by atoms with Crippen LogP contribution in [0.25, 0.3) is 0 Å². The average Bonchev–Trinajstić information content (AvgIpc) is 2.72. The largest absolute Gasteiger partial charge is 0.356 e. The van der Waals surface area contributed by atoms with Crippen LogP contribution in [0.5, 0.6) is 0 Å². The smallest absolute Gasteiger partial charge is 0.0769 e. The van der Waals surface area contributed by atoms with Crippen molar-refractivity contribution in [3.63, 3.8) is 0 Å². The quantitative estimate of drug-likeness (QED) is 0.568. The third-order valence-electron chi connectivity index (χ3n) is 2.07. The van der Waals surface area contributed by atoms with E-state index in [9.17, 15) is 0 Å². The molecule has 80 valence electrons. The van der Waals surface area contributed by atoms with Gasteiger partial charge < -0.3 is 4.98 Å². The van der Waals surface area contributed by atoms with Crippen LogP contribution in [0.1, 0.15) is 20.3 Å². The Labute approximate surface area is 96.0 Å². The maximum absolute atomic E-state index is 4.00. The second-order valence-corrected chi connectivity index (χ2v) is 4.32. The summed E-state index contributed by atoms with van der Waals surface area (Å²) in [6, 6.07) is 4.03. The monoisotopic (exact) mass is 219 g/mol. The SMILES string of the molecule is C=C(/C=C\C(=C/C)CC)Sc1ccc[nH]1. The normalized spacial score (nSPS) is 12.3. The van der Waals surface area contributed by atoms with Crippen LogP contribution in [0, 0.1) is 0 Å². The van der Waals surface area contributed by atoms with Gasteiger partial charge in [-0.1, -0.05) is 43.0 Å². The van der Waals surface area contributed by atoms with Gasteiger partial charge in [0, 0.05) is 11.1 Å². The van der Waals surface area contributed by atoms with Crippen LogP contribution >= 0.6 is 11.8 Å². The Hall–Kier alpha value is -1.15. The summed E-state index contributed by atoms with van der Waals surface area (Å²) in [7, 11) is 0. The van der Waals surface area contributed by atoms with Gasteiger partial charge in [-0.2, -0.15) is 0 Å². The van der Waals surface area contributed by atoms with Crippen molar-refractivity contribution in [1.29, 1.82) is 0 Å². The second kappa shape index (κ2) is 6.36. The molecule has 1 rings (SSSR count). The van der Waals surface area contributed by atoms with E-state index in [0.29, 0.717) is 0 Å². The molecular formula is C13H17NS. The Balaban J connectivity index is 2.49. The molecule has 0 saturated carbocycles. The zero-order valence-electron chi connectivity index (χ0n) is 9.29. The Morgan fingerprint density at radius 3 is 2.87 bits per heavy atom. The van der Waals surface area contributed by atoms with Crippen molar-refractivity contribution in [3.8, 4) is 0 Å². The van der Waals surface area contributed by atoms with Crippen molar-refractivity contribution in [3.05, 3.63) is 53.6 Å². The average molecular weight is 219 g/mol. The van der Waals surface area contributed by atoms with Crippen LogP contribution in [0.3, 0.4) is 0 Å². The van der Waals surface area contributed by atoms with Gasteiger partial charge in [-0.05, 0) is 31.6 Å². The van der Waals surface area contributed by atoms with E-state index in [1.165, 1.54) is 5.57 Å². The fourth-order valence-corrected chi connectivity index (χ4v) is 1.86. The van der Waals surface area contributed by atoms with Crippen LogP contribution in [0.15, 0.2) is 58.6 Å². The van der Waals surface area contributed by atoms with Gasteiger partial charge >= 0.3 is 0 Å². The number of allylic oxidation sites excluding steroid dienone is 4. The third-order valence-corrected chi connectivity index (χ3v) is 2.94. The first kappa shape index (κ1) is 11.9. The lowest BCUT2D eigenvalue weighted by Gasteiger charge is -1.98. The Morgan fingerprint density at radius 2 is 2.33 bits per heavy atom. The second-order valence-electron chi connectivity index (χ2n) is 3.15. The summed E-state index contributed by atoms with van der Waals surface area (Å²) in [5, 5.41) is 1.13. The lowest BCUT2D eigenvalue weighted by molar-refractivity contribution is 1.14. The van der Waals surface area contributed by atoms with Crippen molar-refractivity contribution in [2.45, 2.75) is 25.3 Å². The van der Waals surface area contributed by atoms with Gasteiger partial charge in [-0.15, -0.1) is 0 Å². The van der Waals surface area contributed by atoms with Gasteiger partial charge in [0.2, 0.25) is 0 Å². The van der Waals surface area contributed by atoms with E-state index in [1.54, 1.807) is 11.8 Å². The fourth-order valence-electron chi connectivity index (χ4n) is 1.17. The number of aromatic amines is 1. The zero-order valence-corrected chi connectivity index (χ0v) is 10.1. The lowest BCUT2D eigenvalue weighted by Crippen LogP contribution is -1.74. The van der Waals surface area contributed by atoms with Crippen molar-refractivity contribution in [1.82, 2.24) is 4.98 Å². The molecule has 0 fully saturated rings. The third kappa shape index (κ3) is 4.26. The topological polar surface area (TPSA) is 15.8 Å². The first-order chi connectivity index (χ1) is 7.26. The zero-order chi connectivity index (χ0) is 11.1. The minimum atomic E-state index is 1.05. The molecule has 1 nitrogen and oxygen atoms in total. The summed E-state index contributed by atoms with van der Waals surface area (Å²) in [6.07, 6.45) is 9.29. The van der Waals surface area contributed by atoms with Gasteiger partial charge in [-0.3, -0.25) is 0 Å². The number of hydrogen-bond acceptors (Lipinski definition) is 1. The minimum absolute atomic E-state index is 1.05. The molecular weight excluding hydrogens is 202 g/mol. The molecule has 0 saturated heterocycles. The molecule has 0 amide bonds. The highest BCUT2D eigenvalue weighted by molar-refractivity contribution is 8.03. The predicted octanol–water partition coefficient (Wildman–Crippen LogP) is 4.53. The summed E-state index contributed by atoms with van der Waals surface area (Å²) >= 11 is 1.65. The molecule has 1 heterocycles. The molecule has 1 aromatic rings. The van der Waals surface area contributed by atoms with Crippen molar-refractivity contribution >= 4 is 11.8 Å². The standard InChI is InChI=1S/C13H17NS/c1-4-12(5-2)9-8-11(3)15-13-7-6-10-14-13/h4,6-10,14H,3,5H2,1-2H3/b9-8-,12-4-. The summed E-state index contributed by atoms with van der Waals surface area (Å²) in [5.74, 6) is 0. The molecule has 0 aliphatic rings. The van der Waals surface area contributed by atoms with Crippen molar-refractivity contribution in [2.75, 3.05) is 0 Å². The number of aromatic nitrogens is 1. The van der Waals surface area contributed by atoms with E-state index in [2.05, 4.69) is 43.6 Å². The van der Waals surface area contributed by atoms with Gasteiger partial charge in [0.05, 0.1) is 5.03 Å². The first-order valence-corrected chi connectivity index (χ1v) is 5.91. The molecule has 1 aromatic heterocycles. The van der Waals surface area contributed by atoms with E-state index in [4.69, 9.17) is 0 Å². The summed E-state index contributed by atoms with van der Waals surface area (Å²) < 4.78 is 0. The van der Waals surface area contributed by atoms with E-state index >= 15 is 0 Å². The molecule has 0 aliphatic heterocycles. The van der Waals surface area contributed by atoms with Crippen LogP contribution in [-0.4, -0.2) is 4.98 Å². The van der Waals surface area contributed by atoms with Crippen molar-refractivity contribution < 1.29 is 0 Å². The molecule has 0 aromatic carbocycles. The highest BCUT2D eigenvalue weighted by Crippen LogP contribution is 2.24. The van der Waals surface area contributed by atoms with Gasteiger partial charge in [0.15, 0.2) is 0 Å². The fraction of sp³-hybridized carbons (Fsp3) is 0.231. The van der Waals surface area contributed by atoms with Gasteiger partial charge in [-0.25, -0.2) is 0 Å². The number of H-pyrrole nitrogens is 1. The highest BCUT2D eigenvalue weighted by Gasteiger charge is 1.94. The van der Waals surface area contributed by atoms with E-state index in [1.807, 2.05) is 18.3 Å². The number of thioether (sulfide) groups is 1. The summed E-state index contributed by atoms with van der Waals surface area (Å²) in [4.78, 5) is 4.18. The van der Waals surface area contributed by atoms with Crippen LogP contribution in [0.2, 0.25) is 0 Å². The van der Waals surface area contributed by atoms with E-state index in [-0.39, 0.29) is 0 Å². The minimum Gasteiger partial charge on any atom is -0.356 e. The van der Waals surface area contributed by atoms with Crippen LogP contribution in [0.4, 0.5) is 0 Å². The van der Waals surface area contributed by atoms with Crippen LogP contribution in [-0.2, 0) is 0 Å². The Bertz CT molecular complexity index is 358. The Kier molecular flexibility index (Phi) is 5.05. The number of hydrogen-bond donors (Lipinski definition) is 1. The molecule has 0 atom stereocenters. The molecule has 0 bridgehead atoms. The molecule has 1 N–H and O–H groups in total. The highest BCUT2D eigenvalue weighted by atomic mass is 32.2. The Morgan fingerprint density at radius 1 is 1.53 bits per heavy atom. The molecule has 15 heavy (non-hydrogen) atoms. The molecule has 0 unspecified atom stereocenters. The predicted molar refractivity (Wildman–Crippen MR) is 69.0 cm³/mol. The maximum atomic E-state index is 4.00. The van der Waals surface area contributed by atoms with E-state index < -0.39 is 0 Å². The van der Waals surface area contributed by atoms with Crippen LogP contribution < -0.4 is 0 Å². The van der Waals surface area contributed by atoms with Crippen molar-refractivity contribution in [2.24, 2.45) is 0 Å². The maximum Gasteiger partial charge on any atom is 0.0769 e. The molecule has 0 radical (unpaired) electrons. The molecule has 0 spiro atoms. The number of rotatable bonds is 5. The van der Waals surface area contributed by atoms with Gasteiger partial charge in [0.25, 0.3) is 0 Å². The lowest BCUT2D eigenvalue weighted by atomic mass is 10.2. The summed E-state index contributed by atoms with van der Waals surface area (Å²) in [5.41, 5.74) is 1.34. The molecule has 2 heteroatoms. The number of nitrogens with one attached hydrogen (secondary N) is 1.